The first kappa shape index (κ1) is 14.9. The molecule has 0 aliphatic rings. The minimum atomic E-state index is -3.62. The van der Waals surface area contributed by atoms with E-state index in [0.717, 1.165) is 6.26 Å². The van der Waals surface area contributed by atoms with Crippen LogP contribution in [-0.4, -0.2) is 29.1 Å². The maximum absolute atomic E-state index is 11.9. The zero-order chi connectivity index (χ0) is 14.0. The van der Waals surface area contributed by atoms with Crippen molar-refractivity contribution in [3.05, 3.63) is 24.3 Å². The highest BCUT2D eigenvalue weighted by molar-refractivity contribution is 7.92. The second-order valence-electron chi connectivity index (χ2n) is 4.18. The van der Waals surface area contributed by atoms with Crippen molar-refractivity contribution in [2.75, 3.05) is 11.0 Å². The first-order valence-electron chi connectivity index (χ1n) is 5.20. The van der Waals surface area contributed by atoms with Crippen LogP contribution in [0.1, 0.15) is 13.8 Å². The molecule has 0 heterocycles. The van der Waals surface area contributed by atoms with Gasteiger partial charge in [-0.1, -0.05) is 6.07 Å². The van der Waals surface area contributed by atoms with Crippen LogP contribution in [0.5, 0.6) is 0 Å². The maximum Gasteiger partial charge on any atom is 0.240 e. The third-order valence-corrected chi connectivity index (χ3v) is 4.10. The predicted octanol–water partition coefficient (Wildman–Crippen LogP) is 0.745. The van der Waals surface area contributed by atoms with Gasteiger partial charge in [0.05, 0.1) is 11.2 Å². The van der Waals surface area contributed by atoms with E-state index in [9.17, 15) is 16.8 Å². The molecule has 1 aromatic carbocycles. The van der Waals surface area contributed by atoms with Gasteiger partial charge in [0.15, 0.2) is 0 Å². The van der Waals surface area contributed by atoms with Gasteiger partial charge in [-0.25, -0.2) is 21.6 Å². The van der Waals surface area contributed by atoms with Crippen molar-refractivity contribution < 1.29 is 16.8 Å². The Hall–Kier alpha value is -1.12. The summed E-state index contributed by atoms with van der Waals surface area (Å²) in [6.07, 6.45) is 1.00. The summed E-state index contributed by atoms with van der Waals surface area (Å²) in [7, 11) is -7.05. The van der Waals surface area contributed by atoms with Gasteiger partial charge in [0.1, 0.15) is 0 Å². The smallest absolute Gasteiger partial charge is 0.240 e. The molecule has 6 nitrogen and oxygen atoms in total. The average molecular weight is 292 g/mol. The molecule has 0 bridgehead atoms. The van der Waals surface area contributed by atoms with Crippen molar-refractivity contribution >= 4 is 25.7 Å². The Morgan fingerprint density at radius 2 is 1.72 bits per heavy atom. The second kappa shape index (κ2) is 5.25. The van der Waals surface area contributed by atoms with E-state index in [1.807, 2.05) is 0 Å². The highest BCUT2D eigenvalue weighted by Crippen LogP contribution is 2.16. The van der Waals surface area contributed by atoms with Gasteiger partial charge in [-0.3, -0.25) is 4.72 Å². The van der Waals surface area contributed by atoms with E-state index >= 15 is 0 Å². The van der Waals surface area contributed by atoms with Crippen LogP contribution >= 0.6 is 0 Å². The standard InChI is InChI=1S/C10H16N2O4S2/c1-8(2)11-18(15,16)10-6-4-5-9(7-10)12-17(3,13)14/h4-8,11-12H,1-3H3. The fourth-order valence-electron chi connectivity index (χ4n) is 1.32. The lowest BCUT2D eigenvalue weighted by atomic mass is 10.3. The first-order valence-corrected chi connectivity index (χ1v) is 8.58. The molecule has 0 spiro atoms. The molecule has 0 atom stereocenters. The lowest BCUT2D eigenvalue weighted by molar-refractivity contribution is 0.569. The predicted molar refractivity (Wildman–Crippen MR) is 70.4 cm³/mol. The van der Waals surface area contributed by atoms with Gasteiger partial charge < -0.3 is 0 Å². The van der Waals surface area contributed by atoms with E-state index in [-0.39, 0.29) is 16.6 Å². The molecule has 2 N–H and O–H groups in total. The summed E-state index contributed by atoms with van der Waals surface area (Å²) >= 11 is 0. The van der Waals surface area contributed by atoms with Crippen molar-refractivity contribution in [2.45, 2.75) is 24.8 Å². The van der Waals surface area contributed by atoms with E-state index in [2.05, 4.69) is 9.44 Å². The molecule has 0 aliphatic heterocycles. The van der Waals surface area contributed by atoms with Crippen molar-refractivity contribution in [1.82, 2.24) is 4.72 Å². The number of hydrogen-bond donors (Lipinski definition) is 2. The maximum atomic E-state index is 11.9. The summed E-state index contributed by atoms with van der Waals surface area (Å²) in [5, 5.41) is 0. The van der Waals surface area contributed by atoms with Gasteiger partial charge in [-0.15, -0.1) is 0 Å². The van der Waals surface area contributed by atoms with Crippen LogP contribution in [0.4, 0.5) is 5.69 Å². The number of benzene rings is 1. The van der Waals surface area contributed by atoms with Crippen LogP contribution in [-0.2, 0) is 20.0 Å². The first-order chi connectivity index (χ1) is 8.10. The van der Waals surface area contributed by atoms with Crippen LogP contribution in [0.25, 0.3) is 0 Å². The van der Waals surface area contributed by atoms with Crippen molar-refractivity contribution in [3.63, 3.8) is 0 Å². The Bertz CT molecular complexity index is 621. The fourth-order valence-corrected chi connectivity index (χ4v) is 3.17. The summed E-state index contributed by atoms with van der Waals surface area (Å²) in [5.41, 5.74) is 0.212. The molecule has 0 unspecified atom stereocenters. The van der Waals surface area contributed by atoms with Gasteiger partial charge in [0, 0.05) is 11.7 Å². The molecule has 18 heavy (non-hydrogen) atoms. The largest absolute Gasteiger partial charge is 0.284 e. The molecule has 0 saturated carbocycles. The summed E-state index contributed by atoms with van der Waals surface area (Å²) in [6, 6.07) is 5.39. The highest BCUT2D eigenvalue weighted by atomic mass is 32.2. The molecule has 0 radical (unpaired) electrons. The quantitative estimate of drug-likeness (QED) is 0.837. The van der Waals surface area contributed by atoms with Gasteiger partial charge in [0.25, 0.3) is 0 Å². The molecule has 0 amide bonds. The third kappa shape index (κ3) is 4.63. The Morgan fingerprint density at radius 1 is 1.11 bits per heavy atom. The molecule has 8 heteroatoms. The summed E-state index contributed by atoms with van der Waals surface area (Å²) in [5.74, 6) is 0. The van der Waals surface area contributed by atoms with E-state index < -0.39 is 20.0 Å². The van der Waals surface area contributed by atoms with Crippen LogP contribution in [0.15, 0.2) is 29.2 Å². The molecule has 0 aliphatic carbocycles. The molecule has 0 aromatic heterocycles. The Morgan fingerprint density at radius 3 is 2.22 bits per heavy atom. The Kier molecular flexibility index (Phi) is 4.36. The zero-order valence-corrected chi connectivity index (χ0v) is 12.0. The number of hydrogen-bond acceptors (Lipinski definition) is 4. The molecular formula is C10H16N2O4S2. The number of sulfonamides is 2. The molecule has 1 aromatic rings. The van der Waals surface area contributed by atoms with Crippen LogP contribution < -0.4 is 9.44 Å². The molecule has 0 saturated heterocycles. The molecule has 102 valence electrons. The van der Waals surface area contributed by atoms with Crippen molar-refractivity contribution in [1.29, 1.82) is 0 Å². The summed E-state index contributed by atoms with van der Waals surface area (Å²) in [6.45, 7) is 3.41. The van der Waals surface area contributed by atoms with Crippen molar-refractivity contribution in [3.8, 4) is 0 Å². The summed E-state index contributed by atoms with van der Waals surface area (Å²) < 4.78 is 50.5. The van der Waals surface area contributed by atoms with Crippen LogP contribution in [0, 0.1) is 0 Å². The minimum absolute atomic E-state index is 0.0184. The molecule has 1 rings (SSSR count). The Balaban J connectivity index is 3.10. The van der Waals surface area contributed by atoms with E-state index in [0.29, 0.717) is 0 Å². The van der Waals surface area contributed by atoms with Gasteiger partial charge in [0.2, 0.25) is 20.0 Å². The van der Waals surface area contributed by atoms with Crippen LogP contribution in [0.3, 0.4) is 0 Å². The lowest BCUT2D eigenvalue weighted by Crippen LogP contribution is -2.30. The normalized spacial score (nSPS) is 12.7. The Labute approximate surface area is 108 Å². The molecular weight excluding hydrogens is 276 g/mol. The van der Waals surface area contributed by atoms with E-state index in [1.54, 1.807) is 13.8 Å². The third-order valence-electron chi connectivity index (χ3n) is 1.84. The minimum Gasteiger partial charge on any atom is -0.284 e. The summed E-state index contributed by atoms with van der Waals surface area (Å²) in [4.78, 5) is 0.0184. The van der Waals surface area contributed by atoms with E-state index in [4.69, 9.17) is 0 Å². The van der Waals surface area contributed by atoms with Gasteiger partial charge >= 0.3 is 0 Å². The van der Waals surface area contributed by atoms with Gasteiger partial charge in [-0.2, -0.15) is 0 Å². The second-order valence-corrected chi connectivity index (χ2v) is 7.64. The number of nitrogens with one attached hydrogen (secondary N) is 2. The number of anilines is 1. The fraction of sp³-hybridized carbons (Fsp3) is 0.400. The SMILES string of the molecule is CC(C)NS(=O)(=O)c1cccc(NS(C)(=O)=O)c1. The zero-order valence-electron chi connectivity index (χ0n) is 10.3. The highest BCUT2D eigenvalue weighted by Gasteiger charge is 2.16. The number of rotatable bonds is 5. The van der Waals surface area contributed by atoms with Crippen LogP contribution in [0.2, 0.25) is 0 Å². The van der Waals surface area contributed by atoms with Crippen molar-refractivity contribution in [2.24, 2.45) is 0 Å². The average Bonchev–Trinajstić information content (AvgIpc) is 2.13. The van der Waals surface area contributed by atoms with E-state index in [1.165, 1.54) is 24.3 Å². The van der Waals surface area contributed by atoms with Gasteiger partial charge in [-0.05, 0) is 32.0 Å². The monoisotopic (exact) mass is 292 g/mol. The topological polar surface area (TPSA) is 92.3 Å². The lowest BCUT2D eigenvalue weighted by Gasteiger charge is -2.11. The molecule has 0 fully saturated rings.